The SMILES string of the molecule is CC(=O)c1nccc(N2CCNCC2)n1. The highest BCUT2D eigenvalue weighted by molar-refractivity contribution is 5.90. The molecule has 0 unspecified atom stereocenters. The number of Topliss-reactive ketones (excluding diaryl/α,β-unsaturated/α-hetero) is 1. The topological polar surface area (TPSA) is 58.1 Å². The van der Waals surface area contributed by atoms with E-state index in [1.54, 1.807) is 6.20 Å². The molecule has 2 rings (SSSR count). The lowest BCUT2D eigenvalue weighted by Crippen LogP contribution is -2.44. The van der Waals surface area contributed by atoms with E-state index in [0.717, 1.165) is 32.0 Å². The Morgan fingerprint density at radius 3 is 2.87 bits per heavy atom. The van der Waals surface area contributed by atoms with Crippen LogP contribution in [0.15, 0.2) is 12.3 Å². The summed E-state index contributed by atoms with van der Waals surface area (Å²) in [5.41, 5.74) is 0. The van der Waals surface area contributed by atoms with Crippen LogP contribution in [0, 0.1) is 0 Å². The van der Waals surface area contributed by atoms with Crippen molar-refractivity contribution in [1.29, 1.82) is 0 Å². The molecule has 0 amide bonds. The number of nitrogens with zero attached hydrogens (tertiary/aromatic N) is 3. The average Bonchev–Trinajstić information content (AvgIpc) is 2.30. The molecule has 5 heteroatoms. The maximum Gasteiger partial charge on any atom is 0.197 e. The van der Waals surface area contributed by atoms with Gasteiger partial charge in [-0.05, 0) is 6.07 Å². The number of piperazine rings is 1. The molecule has 0 spiro atoms. The fourth-order valence-corrected chi connectivity index (χ4v) is 1.59. The molecule has 15 heavy (non-hydrogen) atoms. The number of rotatable bonds is 2. The van der Waals surface area contributed by atoms with Crippen LogP contribution in [-0.2, 0) is 0 Å². The minimum absolute atomic E-state index is 0.0908. The highest BCUT2D eigenvalue weighted by Crippen LogP contribution is 2.10. The third kappa shape index (κ3) is 2.30. The molecule has 0 aromatic carbocycles. The van der Waals surface area contributed by atoms with Gasteiger partial charge in [0.1, 0.15) is 5.82 Å². The van der Waals surface area contributed by atoms with Crippen molar-refractivity contribution in [3.63, 3.8) is 0 Å². The first-order chi connectivity index (χ1) is 7.27. The number of ketones is 1. The maximum atomic E-state index is 11.1. The van der Waals surface area contributed by atoms with E-state index in [9.17, 15) is 4.79 Å². The predicted molar refractivity (Wildman–Crippen MR) is 57.1 cm³/mol. The fourth-order valence-electron chi connectivity index (χ4n) is 1.59. The highest BCUT2D eigenvalue weighted by atomic mass is 16.1. The van der Waals surface area contributed by atoms with E-state index < -0.39 is 0 Å². The summed E-state index contributed by atoms with van der Waals surface area (Å²) in [6.45, 7) is 5.25. The van der Waals surface area contributed by atoms with Crippen LogP contribution in [0.25, 0.3) is 0 Å². The van der Waals surface area contributed by atoms with Crippen LogP contribution in [0.2, 0.25) is 0 Å². The molecule has 1 aromatic rings. The zero-order chi connectivity index (χ0) is 10.7. The first kappa shape index (κ1) is 10.0. The van der Waals surface area contributed by atoms with Gasteiger partial charge in [0.25, 0.3) is 0 Å². The van der Waals surface area contributed by atoms with Gasteiger partial charge in [0, 0.05) is 39.3 Å². The van der Waals surface area contributed by atoms with Gasteiger partial charge in [-0.1, -0.05) is 0 Å². The molecule has 0 bridgehead atoms. The second-order valence-electron chi connectivity index (χ2n) is 3.53. The average molecular weight is 206 g/mol. The third-order valence-corrected chi connectivity index (χ3v) is 2.40. The summed E-state index contributed by atoms with van der Waals surface area (Å²) in [5.74, 6) is 1.05. The summed E-state index contributed by atoms with van der Waals surface area (Å²) < 4.78 is 0. The predicted octanol–water partition coefficient (Wildman–Crippen LogP) is 0.0888. The molecule has 80 valence electrons. The molecule has 1 saturated heterocycles. The van der Waals surface area contributed by atoms with Crippen molar-refractivity contribution in [3.8, 4) is 0 Å². The second kappa shape index (κ2) is 4.35. The van der Waals surface area contributed by atoms with Gasteiger partial charge in [-0.25, -0.2) is 9.97 Å². The van der Waals surface area contributed by atoms with Gasteiger partial charge in [-0.15, -0.1) is 0 Å². The molecule has 5 nitrogen and oxygen atoms in total. The van der Waals surface area contributed by atoms with Crippen LogP contribution in [-0.4, -0.2) is 41.9 Å². The first-order valence-electron chi connectivity index (χ1n) is 5.07. The van der Waals surface area contributed by atoms with E-state index in [2.05, 4.69) is 20.2 Å². The van der Waals surface area contributed by atoms with Gasteiger partial charge in [0.2, 0.25) is 0 Å². The summed E-state index contributed by atoms with van der Waals surface area (Å²) in [6.07, 6.45) is 1.64. The van der Waals surface area contributed by atoms with Gasteiger partial charge in [0.15, 0.2) is 11.6 Å². The number of carbonyl (C=O) groups is 1. The molecule has 1 fully saturated rings. The minimum atomic E-state index is -0.0908. The standard InChI is InChI=1S/C10H14N4O/c1-8(15)10-12-3-2-9(13-10)14-6-4-11-5-7-14/h2-3,11H,4-7H2,1H3. The normalized spacial score (nSPS) is 16.5. The first-order valence-corrected chi connectivity index (χ1v) is 5.07. The van der Waals surface area contributed by atoms with Gasteiger partial charge < -0.3 is 10.2 Å². The van der Waals surface area contributed by atoms with Crippen molar-refractivity contribution < 1.29 is 4.79 Å². The Bertz CT molecular complexity index is 360. The maximum absolute atomic E-state index is 11.1. The number of hydrogen-bond acceptors (Lipinski definition) is 5. The summed E-state index contributed by atoms with van der Waals surface area (Å²) >= 11 is 0. The third-order valence-electron chi connectivity index (χ3n) is 2.40. The highest BCUT2D eigenvalue weighted by Gasteiger charge is 2.13. The van der Waals surface area contributed by atoms with E-state index in [4.69, 9.17) is 0 Å². The molecule has 1 aliphatic rings. The van der Waals surface area contributed by atoms with Crippen molar-refractivity contribution >= 4 is 11.6 Å². The molecular formula is C10H14N4O. The van der Waals surface area contributed by atoms with E-state index in [0.29, 0.717) is 5.82 Å². The number of hydrogen-bond donors (Lipinski definition) is 1. The van der Waals surface area contributed by atoms with E-state index in [-0.39, 0.29) is 5.78 Å². The summed E-state index contributed by atoms with van der Waals surface area (Å²) in [4.78, 5) is 21.4. The zero-order valence-electron chi connectivity index (χ0n) is 8.73. The molecule has 0 atom stereocenters. The Morgan fingerprint density at radius 1 is 1.47 bits per heavy atom. The van der Waals surface area contributed by atoms with Crippen molar-refractivity contribution in [1.82, 2.24) is 15.3 Å². The quantitative estimate of drug-likeness (QED) is 0.695. The molecule has 2 heterocycles. The van der Waals surface area contributed by atoms with E-state index >= 15 is 0 Å². The Balaban J connectivity index is 2.19. The summed E-state index contributed by atoms with van der Waals surface area (Å²) in [5, 5.41) is 3.27. The molecule has 1 N–H and O–H groups in total. The van der Waals surface area contributed by atoms with Gasteiger partial charge >= 0.3 is 0 Å². The number of aromatic nitrogens is 2. The lowest BCUT2D eigenvalue weighted by Gasteiger charge is -2.28. The van der Waals surface area contributed by atoms with Crippen molar-refractivity contribution in [3.05, 3.63) is 18.1 Å². The van der Waals surface area contributed by atoms with Gasteiger partial charge in [-0.3, -0.25) is 4.79 Å². The minimum Gasteiger partial charge on any atom is -0.354 e. The molecule has 0 radical (unpaired) electrons. The van der Waals surface area contributed by atoms with E-state index in [1.165, 1.54) is 6.92 Å². The molecule has 1 aromatic heterocycles. The smallest absolute Gasteiger partial charge is 0.197 e. The molecule has 0 aliphatic carbocycles. The van der Waals surface area contributed by atoms with Crippen LogP contribution in [0.5, 0.6) is 0 Å². The molecular weight excluding hydrogens is 192 g/mol. The largest absolute Gasteiger partial charge is 0.354 e. The van der Waals surface area contributed by atoms with Crippen LogP contribution >= 0.6 is 0 Å². The van der Waals surface area contributed by atoms with Crippen molar-refractivity contribution in [2.45, 2.75) is 6.92 Å². The lowest BCUT2D eigenvalue weighted by molar-refractivity contribution is 0.100. The second-order valence-corrected chi connectivity index (χ2v) is 3.53. The van der Waals surface area contributed by atoms with Crippen LogP contribution in [0.4, 0.5) is 5.82 Å². The van der Waals surface area contributed by atoms with Gasteiger partial charge in [-0.2, -0.15) is 0 Å². The monoisotopic (exact) mass is 206 g/mol. The van der Waals surface area contributed by atoms with Crippen LogP contribution in [0.1, 0.15) is 17.5 Å². The Kier molecular flexibility index (Phi) is 2.91. The Labute approximate surface area is 88.5 Å². The van der Waals surface area contributed by atoms with Crippen molar-refractivity contribution in [2.24, 2.45) is 0 Å². The van der Waals surface area contributed by atoms with E-state index in [1.807, 2.05) is 6.07 Å². The number of nitrogens with one attached hydrogen (secondary N) is 1. The van der Waals surface area contributed by atoms with Crippen LogP contribution < -0.4 is 10.2 Å². The molecule has 1 aliphatic heterocycles. The zero-order valence-corrected chi connectivity index (χ0v) is 8.73. The van der Waals surface area contributed by atoms with Crippen LogP contribution in [0.3, 0.4) is 0 Å². The summed E-state index contributed by atoms with van der Waals surface area (Å²) in [6, 6.07) is 1.84. The fraction of sp³-hybridized carbons (Fsp3) is 0.500. The molecule has 0 saturated carbocycles. The van der Waals surface area contributed by atoms with Crippen molar-refractivity contribution in [2.75, 3.05) is 31.1 Å². The number of carbonyl (C=O) groups excluding carboxylic acids is 1. The number of anilines is 1. The Morgan fingerprint density at radius 2 is 2.20 bits per heavy atom. The Hall–Kier alpha value is -1.49. The van der Waals surface area contributed by atoms with Gasteiger partial charge in [0.05, 0.1) is 0 Å². The summed E-state index contributed by atoms with van der Waals surface area (Å²) in [7, 11) is 0. The lowest BCUT2D eigenvalue weighted by atomic mass is 10.3.